The Hall–Kier alpha value is -4.95. The van der Waals surface area contributed by atoms with Crippen LogP contribution in [0.2, 0.25) is 0 Å². The second-order valence-electron chi connectivity index (χ2n) is 15.2. The topological polar surface area (TPSA) is 276 Å². The predicted molar refractivity (Wildman–Crippen MR) is 222 cm³/mol. The van der Waals surface area contributed by atoms with Gasteiger partial charge in [-0.15, -0.1) is 0 Å². The van der Waals surface area contributed by atoms with E-state index >= 15 is 0 Å². The number of phosphoric acid groups is 1. The Labute approximate surface area is 355 Å². The molecule has 0 spiro atoms. The van der Waals surface area contributed by atoms with Crippen molar-refractivity contribution in [3.8, 4) is 16.9 Å². The fraction of sp³-hybridized carbons (Fsp3) is 0.550. The smallest absolute Gasteiger partial charge is 0.480 e. The van der Waals surface area contributed by atoms with Crippen LogP contribution in [0.3, 0.4) is 0 Å². The molecule has 2 amide bonds. The number of phosphoric ester groups is 1. The van der Waals surface area contributed by atoms with Crippen molar-refractivity contribution < 1.29 is 67.7 Å². The summed E-state index contributed by atoms with van der Waals surface area (Å²) in [6.07, 6.45) is -0.0426. The number of benzene rings is 2. The Morgan fingerprint density at radius 2 is 1.13 bits per heavy atom. The van der Waals surface area contributed by atoms with Crippen LogP contribution in [0.15, 0.2) is 24.3 Å². The van der Waals surface area contributed by atoms with Crippen LogP contribution in [0.4, 0.5) is 0 Å². The Balaban J connectivity index is 1.77. The van der Waals surface area contributed by atoms with Crippen LogP contribution in [0.1, 0.15) is 40.7 Å². The molecule has 21 heteroatoms. The molecule has 1 fully saturated rings. The van der Waals surface area contributed by atoms with Gasteiger partial charge in [-0.05, 0) is 93.0 Å². The lowest BCUT2D eigenvalue weighted by Gasteiger charge is -2.35. The zero-order valence-corrected chi connectivity index (χ0v) is 36.2. The molecule has 0 radical (unpaired) electrons. The van der Waals surface area contributed by atoms with Gasteiger partial charge in [-0.3, -0.25) is 57.8 Å². The van der Waals surface area contributed by atoms with Gasteiger partial charge in [0.15, 0.2) is 0 Å². The van der Waals surface area contributed by atoms with Crippen LogP contribution >= 0.6 is 7.82 Å². The Kier molecular flexibility index (Phi) is 19.7. The number of hydrogen-bond donors (Lipinski definition) is 7. The Morgan fingerprint density at radius 3 is 1.59 bits per heavy atom. The molecule has 2 aromatic rings. The van der Waals surface area contributed by atoms with E-state index < -0.39 is 62.6 Å². The summed E-state index contributed by atoms with van der Waals surface area (Å²) in [5.41, 5.74) is 6.78. The predicted octanol–water partition coefficient (Wildman–Crippen LogP) is 1.33. The third-order valence-corrected chi connectivity index (χ3v) is 11.1. The minimum atomic E-state index is -4.67. The molecule has 2 aromatic carbocycles. The highest BCUT2D eigenvalue weighted by Crippen LogP contribution is 2.46. The number of carbonyl (C=O) groups is 6. The summed E-state index contributed by atoms with van der Waals surface area (Å²) in [5, 5.41) is 42.6. The maximum Gasteiger partial charge on any atom is 0.527 e. The summed E-state index contributed by atoms with van der Waals surface area (Å²) in [7, 11) is -4.67. The third kappa shape index (κ3) is 17.5. The first kappa shape index (κ1) is 50.4. The van der Waals surface area contributed by atoms with Crippen molar-refractivity contribution in [2.45, 2.75) is 53.5 Å². The average molecular weight is 879 g/mol. The van der Waals surface area contributed by atoms with E-state index in [-0.39, 0.29) is 97.2 Å². The number of aryl methyl sites for hydroxylation is 5. The summed E-state index contributed by atoms with van der Waals surface area (Å²) in [4.78, 5) is 89.1. The van der Waals surface area contributed by atoms with Crippen LogP contribution in [-0.2, 0) is 37.9 Å². The second-order valence-corrected chi connectivity index (χ2v) is 16.6. The number of nitrogens with zero attached hydrogens (tertiary/aromatic N) is 4. The highest BCUT2D eigenvalue weighted by atomic mass is 31.2. The maximum atomic E-state index is 13.1. The molecular formula is C40H59N6O14P. The van der Waals surface area contributed by atoms with Crippen molar-refractivity contribution >= 4 is 43.5 Å². The number of rotatable bonds is 20. The molecule has 61 heavy (non-hydrogen) atoms. The van der Waals surface area contributed by atoms with Gasteiger partial charge in [0.1, 0.15) is 24.9 Å². The molecule has 0 saturated carbocycles. The number of carboxylic acid groups (broad SMARTS) is 4. The largest absolute Gasteiger partial charge is 0.527 e. The molecule has 0 aromatic heterocycles. The van der Waals surface area contributed by atoms with Crippen LogP contribution < -0.4 is 15.2 Å². The molecule has 1 heterocycles. The van der Waals surface area contributed by atoms with Crippen LogP contribution in [0, 0.1) is 34.6 Å². The molecule has 1 aliphatic heterocycles. The van der Waals surface area contributed by atoms with E-state index in [0.717, 1.165) is 33.4 Å². The molecule has 338 valence electrons. The van der Waals surface area contributed by atoms with Gasteiger partial charge in [-0.25, -0.2) is 4.57 Å². The van der Waals surface area contributed by atoms with E-state index in [1.54, 1.807) is 32.6 Å². The zero-order chi connectivity index (χ0) is 45.4. The number of nitrogens with one attached hydrogen (secondary N) is 2. The lowest BCUT2D eigenvalue weighted by Crippen LogP contribution is -2.53. The summed E-state index contributed by atoms with van der Waals surface area (Å²) in [6, 6.07) is 6.58. The van der Waals surface area contributed by atoms with E-state index in [9.17, 15) is 48.4 Å². The van der Waals surface area contributed by atoms with Crippen LogP contribution in [0.25, 0.3) is 11.1 Å². The fourth-order valence-electron chi connectivity index (χ4n) is 7.23. The Bertz CT molecular complexity index is 1880. The number of carbonyl (C=O) groups excluding carboxylic acids is 2. The molecule has 1 unspecified atom stereocenters. The SMILES string of the molecule is Cc1cc(C)c(-c2cc(C)c(OP(=O)(O)OCCC[C@H](C(=O)O)N3CCN(CC(=O)NCC(=O)O)CCN(CC(=O)O)CCN(CC(=O)NCC(=O)O)CC3)cc2C)c(C)c1. The van der Waals surface area contributed by atoms with Crippen LogP contribution in [0.5, 0.6) is 5.75 Å². The van der Waals surface area contributed by atoms with E-state index in [1.165, 1.54) is 0 Å². The number of carboxylic acids is 4. The molecule has 1 saturated heterocycles. The maximum absolute atomic E-state index is 13.1. The highest BCUT2D eigenvalue weighted by molar-refractivity contribution is 7.47. The van der Waals surface area contributed by atoms with Crippen molar-refractivity contribution in [1.82, 2.24) is 30.2 Å². The average Bonchev–Trinajstić information content (AvgIpc) is 3.14. The standard InChI is InChI=1S/C40H59N6O14P/c1-26-17-29(4)39(30(5)18-26)31-19-28(3)33(20-27(31)2)60-61(57,58)59-16-6-7-32(40(55)56)46-14-12-43(23-34(47)41-21-36(49)50)8-10-45(25-38(53)54)11-9-44(13-15-46)24-35(48)42-22-37(51)52/h17-20,32H,6-16,21-25H2,1-5H3,(H,41,47)(H,42,48)(H,49,50)(H,51,52)(H,53,54)(H,55,56)(H,57,58)/t32-/m1/s1. The molecule has 20 nitrogen and oxygen atoms in total. The molecular weight excluding hydrogens is 819 g/mol. The van der Waals surface area contributed by atoms with Crippen molar-refractivity contribution in [3.63, 3.8) is 0 Å². The molecule has 0 bridgehead atoms. The zero-order valence-electron chi connectivity index (χ0n) is 35.3. The molecule has 2 atom stereocenters. The second kappa shape index (κ2) is 23.9. The fourth-order valence-corrected chi connectivity index (χ4v) is 8.09. The lowest BCUT2D eigenvalue weighted by molar-refractivity contribution is -0.144. The summed E-state index contributed by atoms with van der Waals surface area (Å²) in [5.74, 6) is -5.88. The van der Waals surface area contributed by atoms with Crippen molar-refractivity contribution in [2.75, 3.05) is 91.7 Å². The van der Waals surface area contributed by atoms with Gasteiger partial charge in [-0.2, -0.15) is 0 Å². The van der Waals surface area contributed by atoms with Gasteiger partial charge in [0.2, 0.25) is 11.8 Å². The molecule has 1 aliphatic rings. The van der Waals surface area contributed by atoms with Gasteiger partial charge < -0.3 is 35.6 Å². The lowest BCUT2D eigenvalue weighted by atomic mass is 9.90. The van der Waals surface area contributed by atoms with Crippen LogP contribution in [-0.4, -0.2) is 178 Å². The number of aliphatic carboxylic acids is 4. The van der Waals surface area contributed by atoms with Gasteiger partial charge in [0, 0.05) is 52.4 Å². The minimum absolute atomic E-state index is 0.0110. The van der Waals surface area contributed by atoms with Gasteiger partial charge >= 0.3 is 31.7 Å². The Morgan fingerprint density at radius 1 is 0.656 bits per heavy atom. The molecule has 7 N–H and O–H groups in total. The first-order valence-electron chi connectivity index (χ1n) is 19.8. The first-order valence-corrected chi connectivity index (χ1v) is 21.3. The van der Waals surface area contributed by atoms with Gasteiger partial charge in [0.25, 0.3) is 0 Å². The normalized spacial score (nSPS) is 16.6. The monoisotopic (exact) mass is 878 g/mol. The summed E-state index contributed by atoms with van der Waals surface area (Å²) >= 11 is 0. The van der Waals surface area contributed by atoms with E-state index in [4.69, 9.17) is 19.3 Å². The summed E-state index contributed by atoms with van der Waals surface area (Å²) in [6.45, 7) is 8.15. The van der Waals surface area contributed by atoms with Crippen molar-refractivity contribution in [2.24, 2.45) is 0 Å². The number of hydrogen-bond acceptors (Lipinski definition) is 13. The quantitative estimate of drug-likeness (QED) is 0.0730. The van der Waals surface area contributed by atoms with Crippen molar-refractivity contribution in [1.29, 1.82) is 0 Å². The van der Waals surface area contributed by atoms with E-state index in [2.05, 4.69) is 22.8 Å². The first-order chi connectivity index (χ1) is 28.6. The van der Waals surface area contributed by atoms with Crippen molar-refractivity contribution in [3.05, 3.63) is 52.1 Å². The van der Waals surface area contributed by atoms with Gasteiger partial charge in [0.05, 0.1) is 26.2 Å². The third-order valence-electron chi connectivity index (χ3n) is 10.1. The molecule has 0 aliphatic carbocycles. The number of amides is 2. The molecule has 3 rings (SSSR count). The van der Waals surface area contributed by atoms with E-state index in [0.29, 0.717) is 5.56 Å². The van der Waals surface area contributed by atoms with E-state index in [1.807, 2.05) is 33.8 Å². The summed E-state index contributed by atoms with van der Waals surface area (Å²) < 4.78 is 23.9. The minimum Gasteiger partial charge on any atom is -0.480 e. The van der Waals surface area contributed by atoms with Gasteiger partial charge in [-0.1, -0.05) is 17.7 Å². The highest BCUT2D eigenvalue weighted by Gasteiger charge is 2.30.